The molecule has 0 unspecified atom stereocenters. The molecule has 0 bridgehead atoms. The van der Waals surface area contributed by atoms with Gasteiger partial charge in [0.15, 0.2) is 9.84 Å². The smallest absolute Gasteiger partial charge is 0.315 e. The lowest BCUT2D eigenvalue weighted by molar-refractivity contribution is -0.145. The third-order valence-electron chi connectivity index (χ3n) is 11.1. The normalized spacial score (nSPS) is 25.8. The van der Waals surface area contributed by atoms with Crippen molar-refractivity contribution in [2.24, 2.45) is 22.7 Å². The van der Waals surface area contributed by atoms with Crippen LogP contribution in [0.3, 0.4) is 0 Å². The van der Waals surface area contributed by atoms with Crippen LogP contribution in [-0.4, -0.2) is 90.1 Å². The molecule has 0 aromatic carbocycles. The zero-order valence-electron chi connectivity index (χ0n) is 30.2. The number of amides is 5. The predicted molar refractivity (Wildman–Crippen MR) is 184 cm³/mol. The Bertz CT molecular complexity index is 1360. The average molecular weight is 694 g/mol. The van der Waals surface area contributed by atoms with Gasteiger partial charge in [-0.05, 0) is 68.6 Å². The molecule has 272 valence electrons. The van der Waals surface area contributed by atoms with Crippen LogP contribution in [0.2, 0.25) is 0 Å². The molecular weight excluding hydrogens is 634 g/mol. The van der Waals surface area contributed by atoms with Gasteiger partial charge in [-0.3, -0.25) is 19.2 Å². The van der Waals surface area contributed by atoms with E-state index in [1.54, 1.807) is 13.8 Å². The molecule has 0 aromatic heterocycles. The minimum Gasteiger partial charge on any atom is -0.347 e. The number of hydrogen-bond acceptors (Lipinski definition) is 7. The summed E-state index contributed by atoms with van der Waals surface area (Å²) in [6.07, 6.45) is 7.02. The fourth-order valence-electron chi connectivity index (χ4n) is 7.70. The number of nitrogens with zero attached hydrogens (tertiary/aromatic N) is 1. The number of rotatable bonds is 14. The van der Waals surface area contributed by atoms with Crippen LogP contribution in [0.4, 0.5) is 4.79 Å². The van der Waals surface area contributed by atoms with Gasteiger partial charge < -0.3 is 26.2 Å². The quantitative estimate of drug-likeness (QED) is 0.202. The Balaban J connectivity index is 1.54. The van der Waals surface area contributed by atoms with Gasteiger partial charge in [0.05, 0.1) is 22.6 Å². The number of fused-ring (bicyclic) bond motifs is 1. The van der Waals surface area contributed by atoms with E-state index in [1.807, 2.05) is 27.7 Å². The average Bonchev–Trinajstić information content (AvgIpc) is 3.84. The zero-order valence-corrected chi connectivity index (χ0v) is 31.1. The molecular formula is C35H59N5O7S. The first-order valence-corrected chi connectivity index (χ1v) is 19.7. The van der Waals surface area contributed by atoms with Gasteiger partial charge in [0.25, 0.3) is 5.91 Å². The molecule has 1 aliphatic heterocycles. The Morgan fingerprint density at radius 1 is 0.958 bits per heavy atom. The van der Waals surface area contributed by atoms with E-state index < -0.39 is 73.7 Å². The molecule has 0 radical (unpaired) electrons. The number of carbonyl (C=O) groups is 5. The van der Waals surface area contributed by atoms with Gasteiger partial charge in [-0.2, -0.15) is 0 Å². The lowest BCUT2D eigenvalue weighted by Gasteiger charge is -2.41. The van der Waals surface area contributed by atoms with Crippen LogP contribution in [0.5, 0.6) is 0 Å². The van der Waals surface area contributed by atoms with Crippen molar-refractivity contribution in [2.75, 3.05) is 12.3 Å². The molecule has 3 saturated carbocycles. The second-order valence-electron chi connectivity index (χ2n) is 16.8. The summed E-state index contributed by atoms with van der Waals surface area (Å²) in [5, 5.41) is 10.9. The number of nitrogens with one attached hydrogen (secondary N) is 4. The van der Waals surface area contributed by atoms with Crippen molar-refractivity contribution in [3.8, 4) is 0 Å². The summed E-state index contributed by atoms with van der Waals surface area (Å²) >= 11 is 0. The van der Waals surface area contributed by atoms with E-state index in [4.69, 9.17) is 0 Å². The molecule has 4 fully saturated rings. The molecule has 0 spiro atoms. The van der Waals surface area contributed by atoms with Crippen molar-refractivity contribution in [2.45, 2.75) is 155 Å². The summed E-state index contributed by atoms with van der Waals surface area (Å²) < 4.78 is 26.0. The predicted octanol–water partition coefficient (Wildman–Crippen LogP) is 3.23. The van der Waals surface area contributed by atoms with E-state index in [2.05, 4.69) is 35.1 Å². The standard InChI is InChI=1S/C35H59N5O7S/c1-9-10-14-24(27(41)30(43)36-22-15-16-22)37-29(42)26-25-23(34(25,7)8)19-40(26)31(44)28(33(4,5)6)38-32(45)39-35(17-12-11-13-18-35)20-48(46,47)21(2)3/h21-26,28H,9-20H2,1-8H3,(H,36,43)(H,37,42)(H2,38,39,45)/t23-,24-,25-,26-,28+/m0/s1. The number of piperidine rings is 1. The minimum atomic E-state index is -3.46. The highest BCUT2D eigenvalue weighted by molar-refractivity contribution is 7.92. The van der Waals surface area contributed by atoms with Crippen molar-refractivity contribution < 1.29 is 32.4 Å². The summed E-state index contributed by atoms with van der Waals surface area (Å²) in [7, 11) is -3.46. The monoisotopic (exact) mass is 693 g/mol. The molecule has 5 atom stereocenters. The van der Waals surface area contributed by atoms with Crippen molar-refractivity contribution in [1.82, 2.24) is 26.2 Å². The first-order chi connectivity index (χ1) is 22.2. The second-order valence-corrected chi connectivity index (χ2v) is 19.4. The Labute approximate surface area is 287 Å². The number of sulfone groups is 1. The van der Waals surface area contributed by atoms with E-state index >= 15 is 0 Å². The van der Waals surface area contributed by atoms with E-state index in [0.717, 1.165) is 38.5 Å². The Morgan fingerprint density at radius 2 is 1.58 bits per heavy atom. The zero-order chi connectivity index (χ0) is 35.8. The number of Topliss-reactive ketones (excluding diaryl/α,β-unsaturated/α-hetero) is 1. The van der Waals surface area contributed by atoms with Crippen LogP contribution in [0.1, 0.15) is 120 Å². The number of hydrogen-bond donors (Lipinski definition) is 4. The Hall–Kier alpha value is -2.70. The molecule has 0 aromatic rings. The first kappa shape index (κ1) is 38.1. The molecule has 5 amide bonds. The molecule has 1 saturated heterocycles. The molecule has 4 rings (SSSR count). The van der Waals surface area contributed by atoms with Gasteiger partial charge in [0.1, 0.15) is 12.1 Å². The van der Waals surface area contributed by atoms with E-state index in [0.29, 0.717) is 32.2 Å². The van der Waals surface area contributed by atoms with Crippen LogP contribution >= 0.6 is 0 Å². The number of unbranched alkanes of at least 4 members (excludes halogenated alkanes) is 1. The van der Waals surface area contributed by atoms with E-state index in [9.17, 15) is 32.4 Å². The van der Waals surface area contributed by atoms with Crippen LogP contribution < -0.4 is 21.3 Å². The highest BCUT2D eigenvalue weighted by Crippen LogP contribution is 2.65. The lowest BCUT2D eigenvalue weighted by Crippen LogP contribution is -2.64. The topological polar surface area (TPSA) is 171 Å². The number of urea groups is 1. The van der Waals surface area contributed by atoms with Crippen molar-refractivity contribution in [3.05, 3.63) is 0 Å². The third-order valence-corrected chi connectivity index (χ3v) is 13.5. The largest absolute Gasteiger partial charge is 0.347 e. The Kier molecular flexibility index (Phi) is 11.3. The minimum absolute atomic E-state index is 0.00609. The second kappa shape index (κ2) is 14.3. The third kappa shape index (κ3) is 8.53. The van der Waals surface area contributed by atoms with Crippen LogP contribution in [0.25, 0.3) is 0 Å². The van der Waals surface area contributed by atoms with Gasteiger partial charge in [-0.1, -0.05) is 73.6 Å². The summed E-state index contributed by atoms with van der Waals surface area (Å²) in [5.74, 6) is -2.46. The van der Waals surface area contributed by atoms with Crippen molar-refractivity contribution in [1.29, 1.82) is 0 Å². The SMILES string of the molecule is CCCC[C@H](NC(=O)[C@@H]1[C@@H]2[C@H](CN1C(=O)[C@@H](NC(=O)NC1(CS(=O)(=O)C(C)C)CCCCC1)C(C)(C)C)C2(C)C)C(=O)C(=O)NC1CC1. The summed E-state index contributed by atoms with van der Waals surface area (Å²) in [5.41, 5.74) is -1.87. The fourth-order valence-corrected chi connectivity index (χ4v) is 9.16. The maximum Gasteiger partial charge on any atom is 0.315 e. The molecule has 4 N–H and O–H groups in total. The van der Waals surface area contributed by atoms with Gasteiger partial charge >= 0.3 is 6.03 Å². The highest BCUT2D eigenvalue weighted by atomic mass is 32.2. The fraction of sp³-hybridized carbons (Fsp3) is 0.857. The van der Waals surface area contributed by atoms with Crippen LogP contribution in [0, 0.1) is 22.7 Å². The molecule has 13 heteroatoms. The van der Waals surface area contributed by atoms with E-state index in [1.165, 1.54) is 4.90 Å². The van der Waals surface area contributed by atoms with Crippen molar-refractivity contribution in [3.63, 3.8) is 0 Å². The van der Waals surface area contributed by atoms with Gasteiger partial charge in [0.2, 0.25) is 17.6 Å². The van der Waals surface area contributed by atoms with Gasteiger partial charge in [-0.25, -0.2) is 13.2 Å². The van der Waals surface area contributed by atoms with E-state index in [-0.39, 0.29) is 29.0 Å². The lowest BCUT2D eigenvalue weighted by atomic mass is 9.83. The number of carbonyl (C=O) groups excluding carboxylic acids is 5. The number of likely N-dealkylation sites (tertiary alicyclic amines) is 1. The maximum atomic E-state index is 14.4. The van der Waals surface area contributed by atoms with Crippen LogP contribution in [-0.2, 0) is 29.0 Å². The molecule has 12 nitrogen and oxygen atoms in total. The summed E-state index contributed by atoms with van der Waals surface area (Å²) in [6.45, 7) is 15.2. The van der Waals surface area contributed by atoms with Crippen LogP contribution in [0.15, 0.2) is 0 Å². The highest BCUT2D eigenvalue weighted by Gasteiger charge is 2.70. The maximum absolute atomic E-state index is 14.4. The summed E-state index contributed by atoms with van der Waals surface area (Å²) in [4.78, 5) is 69.5. The first-order valence-electron chi connectivity index (χ1n) is 18.0. The molecule has 4 aliphatic rings. The Morgan fingerprint density at radius 3 is 2.12 bits per heavy atom. The van der Waals surface area contributed by atoms with Gasteiger partial charge in [0, 0.05) is 12.6 Å². The number of ketones is 1. The van der Waals surface area contributed by atoms with Crippen molar-refractivity contribution >= 4 is 39.4 Å². The molecule has 1 heterocycles. The summed E-state index contributed by atoms with van der Waals surface area (Å²) in [6, 6.07) is -3.48. The van der Waals surface area contributed by atoms with Gasteiger partial charge in [-0.15, -0.1) is 0 Å². The molecule has 3 aliphatic carbocycles. The molecule has 48 heavy (non-hydrogen) atoms.